The molecule has 35 heavy (non-hydrogen) atoms. The molecule has 0 saturated heterocycles. The SMILES string of the molecule is Cc1cc(C2=CC=CC2)c2[cH-]c3cccc(C)c3c2c1C.[Zr]=[C](c1ccccc1)c1ccccc1. The van der Waals surface area contributed by atoms with E-state index in [1.54, 1.807) is 0 Å². The normalized spacial score (nSPS) is 12.5. The number of hydrogen-bond acceptors (Lipinski definition) is 0. The average molecular weight is 529 g/mol. The van der Waals surface area contributed by atoms with Crippen LogP contribution in [-0.2, 0) is 24.2 Å². The summed E-state index contributed by atoms with van der Waals surface area (Å²) < 4.78 is 1.42. The molecule has 1 aliphatic rings. The van der Waals surface area contributed by atoms with E-state index in [4.69, 9.17) is 0 Å². The van der Waals surface area contributed by atoms with Crippen molar-refractivity contribution in [2.45, 2.75) is 27.2 Å². The zero-order chi connectivity index (χ0) is 24.4. The molecular formula is C34H29Zr-. The first-order valence-corrected chi connectivity index (χ1v) is 13.4. The van der Waals surface area contributed by atoms with Crippen LogP contribution in [-0.4, -0.2) is 3.21 Å². The summed E-state index contributed by atoms with van der Waals surface area (Å²) >= 11 is 1.46. The van der Waals surface area contributed by atoms with E-state index in [9.17, 15) is 0 Å². The van der Waals surface area contributed by atoms with Crippen molar-refractivity contribution in [1.29, 1.82) is 0 Å². The third-order valence-corrected chi connectivity index (χ3v) is 8.40. The molecule has 0 heterocycles. The molecule has 1 aliphatic carbocycles. The standard InChI is InChI=1S/C21H19.C13H10.Zr/c1-13-7-6-10-17-12-19-18(16-8-4-5-9-16)11-14(2)15(3)21(19)20(13)17;1-3-7-12(8-4-1)11-13-9-5-2-6-10-13;/h4-8,10-12H,9H2,1-3H3;1-10H;/q-1;;. The van der Waals surface area contributed by atoms with E-state index < -0.39 is 0 Å². The quantitative estimate of drug-likeness (QED) is 0.205. The van der Waals surface area contributed by atoms with E-state index >= 15 is 0 Å². The Morgan fingerprint density at radius 1 is 0.743 bits per heavy atom. The van der Waals surface area contributed by atoms with Crippen LogP contribution in [0.5, 0.6) is 0 Å². The average Bonchev–Trinajstić information content (AvgIpc) is 3.57. The van der Waals surface area contributed by atoms with E-state index in [1.165, 1.54) is 87.9 Å². The molecule has 6 rings (SSSR count). The first-order valence-electron chi connectivity index (χ1n) is 12.2. The molecule has 0 aromatic heterocycles. The van der Waals surface area contributed by atoms with Gasteiger partial charge in [-0.3, -0.25) is 0 Å². The Balaban J connectivity index is 0.000000158. The number of fused-ring (bicyclic) bond motifs is 3. The van der Waals surface area contributed by atoms with Crippen LogP contribution >= 0.6 is 0 Å². The van der Waals surface area contributed by atoms with Crippen LogP contribution in [0.1, 0.15) is 39.8 Å². The van der Waals surface area contributed by atoms with Gasteiger partial charge in [-0.05, 0) is 27.2 Å². The van der Waals surface area contributed by atoms with Crippen LogP contribution in [0.2, 0.25) is 0 Å². The summed E-state index contributed by atoms with van der Waals surface area (Å²) in [7, 11) is 0. The second-order valence-corrected chi connectivity index (χ2v) is 10.5. The van der Waals surface area contributed by atoms with Crippen LogP contribution in [0.3, 0.4) is 0 Å². The van der Waals surface area contributed by atoms with E-state index in [-0.39, 0.29) is 0 Å². The molecule has 0 nitrogen and oxygen atoms in total. The van der Waals surface area contributed by atoms with E-state index in [0.717, 1.165) is 6.42 Å². The maximum atomic E-state index is 2.37. The molecule has 0 unspecified atom stereocenters. The first kappa shape index (κ1) is 23.7. The Kier molecular flexibility index (Phi) is 6.98. The van der Waals surface area contributed by atoms with Gasteiger partial charge >= 0.3 is 99.2 Å². The Labute approximate surface area is 223 Å². The molecule has 170 valence electrons. The summed E-state index contributed by atoms with van der Waals surface area (Å²) in [5, 5.41) is 5.66. The molecule has 5 aromatic rings. The third-order valence-electron chi connectivity index (χ3n) is 6.98. The van der Waals surface area contributed by atoms with Crippen molar-refractivity contribution in [2.24, 2.45) is 0 Å². The van der Waals surface area contributed by atoms with Crippen LogP contribution in [0.4, 0.5) is 0 Å². The molecule has 0 N–H and O–H groups in total. The van der Waals surface area contributed by atoms with Crippen molar-refractivity contribution in [2.75, 3.05) is 0 Å². The molecular weight excluding hydrogens is 500 g/mol. The van der Waals surface area contributed by atoms with Gasteiger partial charge in [0.05, 0.1) is 0 Å². The van der Waals surface area contributed by atoms with Gasteiger partial charge in [0.2, 0.25) is 0 Å². The Morgan fingerprint density at radius 3 is 2.00 bits per heavy atom. The molecule has 0 amide bonds. The third kappa shape index (κ3) is 4.75. The monoisotopic (exact) mass is 527 g/mol. The number of allylic oxidation sites excluding steroid dienone is 4. The number of rotatable bonds is 3. The van der Waals surface area contributed by atoms with Crippen LogP contribution in [0.25, 0.3) is 27.1 Å². The van der Waals surface area contributed by atoms with Gasteiger partial charge in [0.25, 0.3) is 0 Å². The second kappa shape index (κ2) is 10.3. The Hall–Kier alpha value is -3.02. The summed E-state index contributed by atoms with van der Waals surface area (Å²) in [5.41, 5.74) is 9.70. The predicted octanol–water partition coefficient (Wildman–Crippen LogP) is 8.78. The van der Waals surface area contributed by atoms with Crippen molar-refractivity contribution in [3.63, 3.8) is 0 Å². The number of benzene rings is 4. The van der Waals surface area contributed by atoms with Gasteiger partial charge in [0, 0.05) is 0 Å². The summed E-state index contributed by atoms with van der Waals surface area (Å²) in [6.07, 6.45) is 7.72. The Bertz CT molecular complexity index is 1540. The summed E-state index contributed by atoms with van der Waals surface area (Å²) in [5.74, 6) is 0. The van der Waals surface area contributed by atoms with E-state index in [0.29, 0.717) is 0 Å². The fourth-order valence-corrected chi connectivity index (χ4v) is 5.82. The van der Waals surface area contributed by atoms with Gasteiger partial charge in [-0.1, -0.05) is 64.3 Å². The Morgan fingerprint density at radius 2 is 1.40 bits per heavy atom. The van der Waals surface area contributed by atoms with Crippen molar-refractivity contribution < 1.29 is 24.2 Å². The first-order chi connectivity index (χ1) is 17.0. The van der Waals surface area contributed by atoms with Gasteiger partial charge in [-0.15, -0.1) is 33.7 Å². The van der Waals surface area contributed by atoms with Crippen molar-refractivity contribution >= 4 is 30.3 Å². The van der Waals surface area contributed by atoms with Gasteiger partial charge in [0.15, 0.2) is 0 Å². The minimum absolute atomic E-state index is 1.05. The molecule has 0 bridgehead atoms. The van der Waals surface area contributed by atoms with Crippen molar-refractivity contribution in [3.05, 3.63) is 143 Å². The molecule has 0 atom stereocenters. The molecule has 0 saturated carbocycles. The van der Waals surface area contributed by atoms with Crippen molar-refractivity contribution in [3.8, 4) is 0 Å². The number of aryl methyl sites for hydroxylation is 3. The number of hydrogen-bond donors (Lipinski definition) is 0. The van der Waals surface area contributed by atoms with Gasteiger partial charge in [0.1, 0.15) is 0 Å². The molecule has 0 fully saturated rings. The van der Waals surface area contributed by atoms with Crippen LogP contribution in [0, 0.1) is 20.8 Å². The van der Waals surface area contributed by atoms with E-state index in [2.05, 4.69) is 130 Å². The zero-order valence-electron chi connectivity index (χ0n) is 20.6. The fourth-order valence-electron chi connectivity index (χ4n) is 5.01. The molecule has 1 heteroatoms. The summed E-state index contributed by atoms with van der Waals surface area (Å²) in [6.45, 7) is 6.71. The fraction of sp³-hybridized carbons (Fsp3) is 0.118. The second-order valence-electron chi connectivity index (χ2n) is 9.27. The summed E-state index contributed by atoms with van der Waals surface area (Å²) in [6, 6.07) is 32.5. The van der Waals surface area contributed by atoms with Crippen LogP contribution < -0.4 is 0 Å². The molecule has 0 radical (unpaired) electrons. The minimum atomic E-state index is 1.05. The van der Waals surface area contributed by atoms with Crippen molar-refractivity contribution in [1.82, 2.24) is 0 Å². The zero-order valence-corrected chi connectivity index (χ0v) is 23.1. The summed E-state index contributed by atoms with van der Waals surface area (Å²) in [4.78, 5) is 0. The molecule has 0 spiro atoms. The van der Waals surface area contributed by atoms with E-state index in [1.807, 2.05) is 0 Å². The van der Waals surface area contributed by atoms with Crippen LogP contribution in [0.15, 0.2) is 109 Å². The van der Waals surface area contributed by atoms with Gasteiger partial charge < -0.3 is 0 Å². The topological polar surface area (TPSA) is 0 Å². The predicted molar refractivity (Wildman–Crippen MR) is 149 cm³/mol. The maximum absolute atomic E-state index is 2.37. The van der Waals surface area contributed by atoms with Gasteiger partial charge in [-0.25, -0.2) is 0 Å². The van der Waals surface area contributed by atoms with Gasteiger partial charge in [-0.2, -0.15) is 0 Å². The molecule has 5 aromatic carbocycles. The molecule has 0 aliphatic heterocycles.